The van der Waals surface area contributed by atoms with Crippen LogP contribution in [0, 0.1) is 5.92 Å². The van der Waals surface area contributed by atoms with Crippen molar-refractivity contribution in [3.05, 3.63) is 58.2 Å². The number of phenols is 1. The number of ether oxygens (including phenoxy) is 2. The highest BCUT2D eigenvalue weighted by Gasteiger charge is 2.42. The largest absolute Gasteiger partial charge is 0.507 e. The molecule has 1 aromatic heterocycles. The van der Waals surface area contributed by atoms with E-state index in [0.29, 0.717) is 52.5 Å². The summed E-state index contributed by atoms with van der Waals surface area (Å²) in [6, 6.07) is 10.2. The maximum atomic E-state index is 13.4. The van der Waals surface area contributed by atoms with Gasteiger partial charge in [0.2, 0.25) is 0 Å². The monoisotopic (exact) mass is 497 g/mol. The zero-order chi connectivity index (χ0) is 25.1. The van der Waals surface area contributed by atoms with Gasteiger partial charge in [-0.25, -0.2) is 0 Å². The van der Waals surface area contributed by atoms with E-state index >= 15 is 0 Å². The van der Waals surface area contributed by atoms with Crippen LogP contribution in [0.3, 0.4) is 0 Å². The molecule has 0 saturated carbocycles. The molecule has 0 bridgehead atoms. The van der Waals surface area contributed by atoms with Gasteiger partial charge in [0, 0.05) is 22.7 Å². The van der Waals surface area contributed by atoms with Crippen LogP contribution in [0.5, 0.6) is 17.2 Å². The second kappa shape index (κ2) is 10.6. The summed E-state index contributed by atoms with van der Waals surface area (Å²) >= 11 is 6.23. The smallest absolute Gasteiger partial charge is 0.273 e. The van der Waals surface area contributed by atoms with Crippen LogP contribution in [0.25, 0.3) is 11.3 Å². The van der Waals surface area contributed by atoms with E-state index < -0.39 is 6.04 Å². The summed E-state index contributed by atoms with van der Waals surface area (Å²) in [5, 5.41) is 18.4. The van der Waals surface area contributed by atoms with Crippen molar-refractivity contribution < 1.29 is 19.4 Å². The van der Waals surface area contributed by atoms with Gasteiger partial charge in [-0.05, 0) is 54.7 Å². The van der Waals surface area contributed by atoms with E-state index in [1.807, 2.05) is 23.1 Å². The number of hydrogen-bond donors (Lipinski definition) is 2. The number of rotatable bonds is 10. The number of aromatic nitrogens is 2. The molecule has 7 nitrogen and oxygen atoms in total. The first-order valence-electron chi connectivity index (χ1n) is 12.0. The molecule has 8 heteroatoms. The fourth-order valence-corrected chi connectivity index (χ4v) is 4.56. The second-order valence-corrected chi connectivity index (χ2v) is 9.65. The predicted octanol–water partition coefficient (Wildman–Crippen LogP) is 6.21. The van der Waals surface area contributed by atoms with Crippen LogP contribution < -0.4 is 9.47 Å². The number of benzene rings is 2. The van der Waals surface area contributed by atoms with Crippen LogP contribution in [-0.2, 0) is 0 Å². The molecule has 1 unspecified atom stereocenters. The van der Waals surface area contributed by atoms with Gasteiger partial charge in [0.15, 0.2) is 11.5 Å². The molecule has 0 fully saturated rings. The summed E-state index contributed by atoms with van der Waals surface area (Å²) in [6.07, 6.45) is 2.76. The molecule has 1 aliphatic heterocycles. The lowest BCUT2D eigenvalue weighted by Crippen LogP contribution is -2.30. The Labute approximate surface area is 211 Å². The Kier molecular flexibility index (Phi) is 7.55. The SMILES string of the molecule is CCCCN1C(=O)c2[nH]nc(-c3cc(Cl)ccc3O)c2C1c1ccc(OCCC(C)C)c(OC)c1. The Bertz CT molecular complexity index is 1210. The van der Waals surface area contributed by atoms with Crippen molar-refractivity contribution in [2.24, 2.45) is 5.92 Å². The minimum atomic E-state index is -0.394. The number of nitrogens with zero attached hydrogens (tertiary/aromatic N) is 2. The number of fused-ring (bicyclic) bond motifs is 1. The number of nitrogens with one attached hydrogen (secondary N) is 1. The molecule has 2 heterocycles. The van der Waals surface area contributed by atoms with Gasteiger partial charge >= 0.3 is 0 Å². The summed E-state index contributed by atoms with van der Waals surface area (Å²) in [4.78, 5) is 15.3. The van der Waals surface area contributed by atoms with Crippen molar-refractivity contribution in [2.75, 3.05) is 20.3 Å². The second-order valence-electron chi connectivity index (χ2n) is 9.22. The molecule has 0 aliphatic carbocycles. The molecule has 186 valence electrons. The third-order valence-electron chi connectivity index (χ3n) is 6.29. The number of carbonyl (C=O) groups excluding carboxylic acids is 1. The first kappa shape index (κ1) is 24.9. The van der Waals surface area contributed by atoms with Crippen LogP contribution in [-0.4, -0.2) is 46.4 Å². The van der Waals surface area contributed by atoms with E-state index in [9.17, 15) is 9.90 Å². The van der Waals surface area contributed by atoms with Crippen molar-refractivity contribution in [2.45, 2.75) is 46.1 Å². The van der Waals surface area contributed by atoms with Gasteiger partial charge in [0.25, 0.3) is 5.91 Å². The van der Waals surface area contributed by atoms with E-state index in [2.05, 4.69) is 31.0 Å². The highest BCUT2D eigenvalue weighted by atomic mass is 35.5. The minimum absolute atomic E-state index is 0.0494. The number of methoxy groups -OCH3 is 1. The van der Waals surface area contributed by atoms with Crippen LogP contribution in [0.15, 0.2) is 36.4 Å². The molecule has 3 aromatic rings. The standard InChI is InChI=1S/C27H32ClN3O4/c1-5-6-12-31-26(17-7-10-21(22(14-17)34-4)35-13-11-16(2)3)23-24(29-30-25(23)27(31)33)19-15-18(28)8-9-20(19)32/h7-10,14-16,26,32H,5-6,11-13H2,1-4H3,(H,29,30). The topological polar surface area (TPSA) is 87.7 Å². The minimum Gasteiger partial charge on any atom is -0.507 e. The van der Waals surface area contributed by atoms with E-state index in [4.69, 9.17) is 21.1 Å². The highest BCUT2D eigenvalue weighted by Crippen LogP contribution is 2.46. The number of aromatic hydroxyl groups is 1. The molecule has 4 rings (SSSR count). The average Bonchev–Trinajstić information content (AvgIpc) is 3.38. The Hall–Kier alpha value is -3.19. The summed E-state index contributed by atoms with van der Waals surface area (Å²) < 4.78 is 11.6. The van der Waals surface area contributed by atoms with Gasteiger partial charge in [-0.1, -0.05) is 44.9 Å². The number of aromatic amines is 1. The number of amides is 1. The molecule has 1 aliphatic rings. The van der Waals surface area contributed by atoms with Crippen LogP contribution in [0.2, 0.25) is 5.02 Å². The fraction of sp³-hybridized carbons (Fsp3) is 0.407. The molecule has 35 heavy (non-hydrogen) atoms. The first-order valence-corrected chi connectivity index (χ1v) is 12.4. The average molecular weight is 498 g/mol. The quantitative estimate of drug-likeness (QED) is 0.347. The van der Waals surface area contributed by atoms with Gasteiger partial charge in [0.05, 0.1) is 19.8 Å². The number of carbonyl (C=O) groups is 1. The Morgan fingerprint density at radius 1 is 1.20 bits per heavy atom. The van der Waals surface area contributed by atoms with Crippen LogP contribution >= 0.6 is 11.6 Å². The summed E-state index contributed by atoms with van der Waals surface area (Å²) in [7, 11) is 1.61. The normalized spacial score (nSPS) is 15.1. The fourth-order valence-electron chi connectivity index (χ4n) is 4.38. The van der Waals surface area contributed by atoms with Gasteiger partial charge in [-0.15, -0.1) is 0 Å². The van der Waals surface area contributed by atoms with Gasteiger partial charge in [-0.2, -0.15) is 5.10 Å². The van der Waals surface area contributed by atoms with Crippen LogP contribution in [0.1, 0.15) is 67.7 Å². The van der Waals surface area contributed by atoms with Crippen molar-refractivity contribution in [1.82, 2.24) is 15.1 Å². The van der Waals surface area contributed by atoms with E-state index in [1.54, 1.807) is 19.2 Å². The van der Waals surface area contributed by atoms with Gasteiger partial charge in [-0.3, -0.25) is 9.89 Å². The lowest BCUT2D eigenvalue weighted by molar-refractivity contribution is 0.0741. The molecular weight excluding hydrogens is 466 g/mol. The van der Waals surface area contributed by atoms with Gasteiger partial charge in [0.1, 0.15) is 17.1 Å². The molecule has 1 amide bonds. The van der Waals surface area contributed by atoms with E-state index in [-0.39, 0.29) is 11.7 Å². The van der Waals surface area contributed by atoms with Crippen molar-refractivity contribution in [3.63, 3.8) is 0 Å². The van der Waals surface area contributed by atoms with E-state index in [0.717, 1.165) is 30.4 Å². The van der Waals surface area contributed by atoms with Crippen molar-refractivity contribution >= 4 is 17.5 Å². The Balaban J connectivity index is 1.79. The zero-order valence-electron chi connectivity index (χ0n) is 20.6. The first-order chi connectivity index (χ1) is 16.8. The summed E-state index contributed by atoms with van der Waals surface area (Å²) in [5.74, 6) is 1.75. The molecule has 0 radical (unpaired) electrons. The predicted molar refractivity (Wildman–Crippen MR) is 136 cm³/mol. The third-order valence-corrected chi connectivity index (χ3v) is 6.52. The third kappa shape index (κ3) is 4.96. The number of unbranched alkanes of at least 4 members (excludes halogenated alkanes) is 1. The number of halogens is 1. The number of hydrogen-bond acceptors (Lipinski definition) is 5. The summed E-state index contributed by atoms with van der Waals surface area (Å²) in [5.41, 5.74) is 3.01. The molecule has 0 spiro atoms. The van der Waals surface area contributed by atoms with Crippen molar-refractivity contribution in [1.29, 1.82) is 0 Å². The molecule has 2 N–H and O–H groups in total. The molecule has 2 aromatic carbocycles. The lowest BCUT2D eigenvalue weighted by atomic mass is 9.95. The maximum absolute atomic E-state index is 13.4. The maximum Gasteiger partial charge on any atom is 0.273 e. The van der Waals surface area contributed by atoms with Crippen molar-refractivity contribution in [3.8, 4) is 28.5 Å². The molecule has 1 atom stereocenters. The molecule has 0 saturated heterocycles. The molecular formula is C27H32ClN3O4. The lowest BCUT2D eigenvalue weighted by Gasteiger charge is -2.27. The zero-order valence-corrected chi connectivity index (χ0v) is 21.4. The highest BCUT2D eigenvalue weighted by molar-refractivity contribution is 6.31. The summed E-state index contributed by atoms with van der Waals surface area (Å²) in [6.45, 7) is 7.60. The van der Waals surface area contributed by atoms with E-state index in [1.165, 1.54) is 6.07 Å². The Morgan fingerprint density at radius 2 is 2.00 bits per heavy atom. The Morgan fingerprint density at radius 3 is 2.71 bits per heavy atom. The van der Waals surface area contributed by atoms with Gasteiger partial charge < -0.3 is 19.5 Å². The number of H-pyrrole nitrogens is 1. The number of phenolic OH excluding ortho intramolecular Hbond substituents is 1. The van der Waals surface area contributed by atoms with Crippen LogP contribution in [0.4, 0.5) is 0 Å².